The van der Waals surface area contributed by atoms with Crippen molar-refractivity contribution in [2.45, 2.75) is 64.3 Å². The quantitative estimate of drug-likeness (QED) is 0.424. The first kappa shape index (κ1) is 24.1. The van der Waals surface area contributed by atoms with E-state index >= 15 is 0 Å². The van der Waals surface area contributed by atoms with Gasteiger partial charge in [0.25, 0.3) is 17.7 Å². The van der Waals surface area contributed by atoms with E-state index in [1.54, 1.807) is 24.3 Å². The molecule has 5 aliphatic rings. The van der Waals surface area contributed by atoms with E-state index in [1.165, 1.54) is 43.4 Å². The van der Waals surface area contributed by atoms with Crippen molar-refractivity contribution in [3.05, 3.63) is 47.5 Å². The van der Waals surface area contributed by atoms with Crippen LogP contribution in [-0.4, -0.2) is 47.8 Å². The van der Waals surface area contributed by atoms with Gasteiger partial charge in [0.2, 0.25) is 0 Å². The summed E-state index contributed by atoms with van der Waals surface area (Å²) in [5.41, 5.74) is 1.20. The second kappa shape index (κ2) is 9.26. The molecule has 194 valence electrons. The fourth-order valence-corrected chi connectivity index (χ4v) is 8.03. The third-order valence-corrected chi connectivity index (χ3v) is 9.36. The maximum atomic E-state index is 13.0. The molecule has 4 saturated carbocycles. The van der Waals surface area contributed by atoms with Crippen LogP contribution >= 0.6 is 0 Å². The van der Waals surface area contributed by atoms with Gasteiger partial charge in [-0.15, -0.1) is 0 Å². The molecule has 1 heterocycles. The number of imide groups is 1. The maximum absolute atomic E-state index is 13.0. The summed E-state index contributed by atoms with van der Waals surface area (Å²) in [6.07, 6.45) is 7.98. The Morgan fingerprint density at radius 2 is 1.54 bits per heavy atom. The molecule has 0 radical (unpaired) electrons. The van der Waals surface area contributed by atoms with Crippen LogP contribution in [0.25, 0.3) is 10.8 Å². The number of amides is 3. The molecule has 2 aromatic carbocycles. The second-order valence-electron chi connectivity index (χ2n) is 11.8. The summed E-state index contributed by atoms with van der Waals surface area (Å²) in [6, 6.07) is 10.9. The van der Waals surface area contributed by atoms with E-state index < -0.39 is 5.97 Å². The van der Waals surface area contributed by atoms with Gasteiger partial charge in [-0.05, 0) is 92.6 Å². The summed E-state index contributed by atoms with van der Waals surface area (Å²) in [4.78, 5) is 52.0. The van der Waals surface area contributed by atoms with Crippen molar-refractivity contribution in [1.29, 1.82) is 0 Å². The molecule has 0 spiro atoms. The van der Waals surface area contributed by atoms with Gasteiger partial charge in [0.05, 0.1) is 0 Å². The van der Waals surface area contributed by atoms with Gasteiger partial charge in [-0.3, -0.25) is 24.1 Å². The van der Waals surface area contributed by atoms with Gasteiger partial charge in [0, 0.05) is 35.5 Å². The molecule has 7 heteroatoms. The lowest BCUT2D eigenvalue weighted by Crippen LogP contribution is -2.56. The molecule has 0 aromatic heterocycles. The lowest BCUT2D eigenvalue weighted by atomic mass is 9.48. The lowest BCUT2D eigenvalue weighted by Gasteiger charge is -2.59. The van der Waals surface area contributed by atoms with Crippen LogP contribution in [0.4, 0.5) is 0 Å². The maximum Gasteiger partial charge on any atom is 0.306 e. The minimum absolute atomic E-state index is 0.0285. The van der Waals surface area contributed by atoms with E-state index in [-0.39, 0.29) is 55.2 Å². The molecule has 4 fully saturated rings. The summed E-state index contributed by atoms with van der Waals surface area (Å²) in [7, 11) is 0. The third kappa shape index (κ3) is 4.32. The molecule has 37 heavy (non-hydrogen) atoms. The highest BCUT2D eigenvalue weighted by Gasteiger charge is 2.53. The number of hydrogen-bond donors (Lipinski definition) is 1. The SMILES string of the molecule is CC(NC(=O)COC(=O)CCCN1C(=O)c2cccc3cccc(c23)C1=O)C12CC3CC(CC(C3)C1)C2. The first-order valence-electron chi connectivity index (χ1n) is 13.7. The third-order valence-electron chi connectivity index (χ3n) is 9.36. The lowest BCUT2D eigenvalue weighted by molar-refractivity contribution is -0.149. The Balaban J connectivity index is 0.977. The highest BCUT2D eigenvalue weighted by atomic mass is 16.5. The Labute approximate surface area is 216 Å². The second-order valence-corrected chi connectivity index (χ2v) is 11.8. The first-order valence-corrected chi connectivity index (χ1v) is 13.7. The number of ether oxygens (including phenoxy) is 1. The van der Waals surface area contributed by atoms with Crippen LogP contribution in [0.3, 0.4) is 0 Å². The van der Waals surface area contributed by atoms with Crippen molar-refractivity contribution in [3.63, 3.8) is 0 Å². The topological polar surface area (TPSA) is 92.8 Å². The predicted molar refractivity (Wildman–Crippen MR) is 138 cm³/mol. The molecule has 3 amide bonds. The van der Waals surface area contributed by atoms with Crippen LogP contribution in [0, 0.1) is 23.2 Å². The molecule has 4 bridgehead atoms. The predicted octanol–water partition coefficient (Wildman–Crippen LogP) is 4.48. The van der Waals surface area contributed by atoms with Crippen LogP contribution < -0.4 is 5.32 Å². The number of carbonyl (C=O) groups excluding carboxylic acids is 4. The number of carbonyl (C=O) groups is 4. The van der Waals surface area contributed by atoms with E-state index in [0.717, 1.165) is 23.1 Å². The number of nitrogens with zero attached hydrogens (tertiary/aromatic N) is 1. The first-order chi connectivity index (χ1) is 17.8. The fraction of sp³-hybridized carbons (Fsp3) is 0.533. The number of hydrogen-bond acceptors (Lipinski definition) is 5. The fourth-order valence-electron chi connectivity index (χ4n) is 8.03. The van der Waals surface area contributed by atoms with E-state index in [2.05, 4.69) is 12.2 Å². The van der Waals surface area contributed by atoms with Gasteiger partial charge in [-0.1, -0.05) is 24.3 Å². The van der Waals surface area contributed by atoms with Gasteiger partial charge >= 0.3 is 5.97 Å². The van der Waals surface area contributed by atoms with Crippen LogP contribution in [-0.2, 0) is 14.3 Å². The van der Waals surface area contributed by atoms with Crippen molar-refractivity contribution >= 4 is 34.5 Å². The molecule has 7 nitrogen and oxygen atoms in total. The van der Waals surface area contributed by atoms with Crippen LogP contribution in [0.15, 0.2) is 36.4 Å². The van der Waals surface area contributed by atoms with E-state index in [1.807, 2.05) is 12.1 Å². The van der Waals surface area contributed by atoms with Gasteiger partial charge in [-0.25, -0.2) is 0 Å². The monoisotopic (exact) mass is 502 g/mol. The summed E-state index contributed by atoms with van der Waals surface area (Å²) < 4.78 is 5.23. The summed E-state index contributed by atoms with van der Waals surface area (Å²) in [6.45, 7) is 1.93. The van der Waals surface area contributed by atoms with Crippen LogP contribution in [0.1, 0.15) is 79.0 Å². The summed E-state index contributed by atoms with van der Waals surface area (Å²) >= 11 is 0. The molecular formula is C30H34N2O5. The molecule has 4 aliphatic carbocycles. The normalized spacial score (nSPS) is 28.5. The number of nitrogens with one attached hydrogen (secondary N) is 1. The van der Waals surface area contributed by atoms with Crippen molar-refractivity contribution < 1.29 is 23.9 Å². The number of esters is 1. The molecule has 0 saturated heterocycles. The van der Waals surface area contributed by atoms with Gasteiger partial charge in [0.15, 0.2) is 6.61 Å². The molecule has 1 aliphatic heterocycles. The van der Waals surface area contributed by atoms with Crippen molar-refractivity contribution in [2.75, 3.05) is 13.2 Å². The summed E-state index contributed by atoms with van der Waals surface area (Å²) in [5, 5.41) is 4.66. The zero-order valence-corrected chi connectivity index (χ0v) is 21.3. The Morgan fingerprint density at radius 1 is 0.973 bits per heavy atom. The molecule has 1 N–H and O–H groups in total. The van der Waals surface area contributed by atoms with E-state index in [4.69, 9.17) is 4.74 Å². The van der Waals surface area contributed by atoms with Gasteiger partial charge < -0.3 is 10.1 Å². The molecule has 1 unspecified atom stereocenters. The largest absolute Gasteiger partial charge is 0.456 e. The van der Waals surface area contributed by atoms with Crippen LogP contribution in [0.2, 0.25) is 0 Å². The van der Waals surface area contributed by atoms with E-state index in [9.17, 15) is 19.2 Å². The standard InChI is InChI=1S/C30H34N2O5/c1-18(30-14-19-11-20(15-30)13-21(12-19)16-30)31-25(33)17-37-26(34)9-4-10-32-28(35)23-7-2-5-22-6-3-8-24(27(22)23)29(32)36/h2-3,5-8,18-21H,4,9-17H2,1H3,(H,31,33). The van der Waals surface area contributed by atoms with Gasteiger partial charge in [-0.2, -0.15) is 0 Å². The molecular weight excluding hydrogens is 468 g/mol. The van der Waals surface area contributed by atoms with Crippen molar-refractivity contribution in [2.24, 2.45) is 23.2 Å². The summed E-state index contributed by atoms with van der Waals surface area (Å²) in [5.74, 6) is 0.969. The number of benzene rings is 2. The Hall–Kier alpha value is -3.22. The smallest absolute Gasteiger partial charge is 0.306 e. The molecule has 1 atom stereocenters. The van der Waals surface area contributed by atoms with Crippen LogP contribution in [0.5, 0.6) is 0 Å². The highest BCUT2D eigenvalue weighted by molar-refractivity contribution is 6.25. The van der Waals surface area contributed by atoms with Crippen molar-refractivity contribution in [1.82, 2.24) is 10.2 Å². The highest BCUT2D eigenvalue weighted by Crippen LogP contribution is 2.61. The average Bonchev–Trinajstić information content (AvgIpc) is 2.87. The minimum Gasteiger partial charge on any atom is -0.456 e. The van der Waals surface area contributed by atoms with Crippen molar-refractivity contribution in [3.8, 4) is 0 Å². The van der Waals surface area contributed by atoms with E-state index in [0.29, 0.717) is 16.5 Å². The zero-order chi connectivity index (χ0) is 25.7. The zero-order valence-electron chi connectivity index (χ0n) is 21.3. The Morgan fingerprint density at radius 3 is 2.11 bits per heavy atom. The Kier molecular flexibility index (Phi) is 6.04. The average molecular weight is 503 g/mol. The number of rotatable bonds is 8. The minimum atomic E-state index is -0.503. The molecule has 2 aromatic rings. The molecule has 7 rings (SSSR count). The Bertz CT molecular complexity index is 1200. The van der Waals surface area contributed by atoms with Gasteiger partial charge in [0.1, 0.15) is 0 Å².